The maximum absolute atomic E-state index is 10.9. The molecule has 21 heavy (non-hydrogen) atoms. The molecule has 0 amide bonds. The van der Waals surface area contributed by atoms with E-state index < -0.39 is 5.97 Å². The molecule has 1 aromatic carbocycles. The van der Waals surface area contributed by atoms with Crippen molar-refractivity contribution in [2.75, 3.05) is 5.32 Å². The lowest BCUT2D eigenvalue weighted by Crippen LogP contribution is -1.97. The van der Waals surface area contributed by atoms with Gasteiger partial charge in [-0.05, 0) is 30.3 Å². The van der Waals surface area contributed by atoms with Gasteiger partial charge in [0.05, 0.1) is 5.56 Å². The molecule has 0 fully saturated rings. The maximum atomic E-state index is 10.9. The average molecular weight is 298 g/mol. The lowest BCUT2D eigenvalue weighted by atomic mass is 10.2. The van der Waals surface area contributed by atoms with E-state index in [9.17, 15) is 4.79 Å². The van der Waals surface area contributed by atoms with Crippen molar-refractivity contribution in [3.05, 3.63) is 54.2 Å². The third-order valence-electron chi connectivity index (χ3n) is 2.67. The molecule has 3 rings (SSSR count). The molecule has 7 heteroatoms. The molecule has 3 aromatic rings. The fourth-order valence-electron chi connectivity index (χ4n) is 1.72. The molecular weight excluding hydrogens is 288 g/mol. The van der Waals surface area contributed by atoms with Crippen LogP contribution in [0.15, 0.2) is 48.7 Å². The predicted molar refractivity (Wildman–Crippen MR) is 79.8 cm³/mol. The van der Waals surface area contributed by atoms with Crippen LogP contribution in [0, 0.1) is 0 Å². The van der Waals surface area contributed by atoms with Gasteiger partial charge < -0.3 is 10.4 Å². The highest BCUT2D eigenvalue weighted by atomic mass is 32.1. The van der Waals surface area contributed by atoms with E-state index in [1.54, 1.807) is 24.4 Å². The van der Waals surface area contributed by atoms with E-state index in [0.29, 0.717) is 15.8 Å². The van der Waals surface area contributed by atoms with Crippen molar-refractivity contribution >= 4 is 28.1 Å². The number of hydrogen-bond donors (Lipinski definition) is 2. The van der Waals surface area contributed by atoms with Crippen molar-refractivity contribution in [2.45, 2.75) is 0 Å². The van der Waals surface area contributed by atoms with Gasteiger partial charge in [-0.3, -0.25) is 4.98 Å². The fraction of sp³-hybridized carbons (Fsp3) is 0. The molecule has 0 spiro atoms. The second-order valence-electron chi connectivity index (χ2n) is 4.14. The zero-order chi connectivity index (χ0) is 14.7. The molecule has 0 aliphatic heterocycles. The zero-order valence-electron chi connectivity index (χ0n) is 10.7. The van der Waals surface area contributed by atoms with E-state index in [4.69, 9.17) is 5.11 Å². The van der Waals surface area contributed by atoms with Crippen LogP contribution in [-0.4, -0.2) is 26.3 Å². The van der Waals surface area contributed by atoms with E-state index >= 15 is 0 Å². The molecule has 0 bridgehead atoms. The Bertz CT molecular complexity index is 773. The van der Waals surface area contributed by atoms with Crippen molar-refractivity contribution in [2.24, 2.45) is 0 Å². The number of carbonyl (C=O) groups is 1. The summed E-state index contributed by atoms with van der Waals surface area (Å²) < 4.78 is 0. The van der Waals surface area contributed by atoms with E-state index in [-0.39, 0.29) is 5.56 Å². The molecule has 0 radical (unpaired) electrons. The minimum atomic E-state index is -0.968. The molecule has 2 aromatic heterocycles. The summed E-state index contributed by atoms with van der Waals surface area (Å²) in [5, 5.41) is 21.4. The van der Waals surface area contributed by atoms with Crippen LogP contribution in [0.3, 0.4) is 0 Å². The van der Waals surface area contributed by atoms with Gasteiger partial charge in [0.15, 0.2) is 5.01 Å². The van der Waals surface area contributed by atoms with Gasteiger partial charge in [0.2, 0.25) is 5.13 Å². The standard InChI is InChI=1S/C14H10N4O2S/c19-13(20)9-4-3-5-10(8-9)16-14-18-17-12(21-14)11-6-1-2-7-15-11/h1-8H,(H,16,18)(H,19,20). The van der Waals surface area contributed by atoms with Gasteiger partial charge in [-0.2, -0.15) is 0 Å². The molecule has 2 N–H and O–H groups in total. The first-order valence-electron chi connectivity index (χ1n) is 6.08. The first kappa shape index (κ1) is 13.2. The first-order valence-corrected chi connectivity index (χ1v) is 6.89. The van der Waals surface area contributed by atoms with Gasteiger partial charge in [0.25, 0.3) is 0 Å². The van der Waals surface area contributed by atoms with Crippen molar-refractivity contribution in [1.82, 2.24) is 15.2 Å². The van der Waals surface area contributed by atoms with Crippen LogP contribution in [0.1, 0.15) is 10.4 Å². The minimum Gasteiger partial charge on any atom is -0.478 e. The van der Waals surface area contributed by atoms with Gasteiger partial charge in [-0.15, -0.1) is 10.2 Å². The summed E-state index contributed by atoms with van der Waals surface area (Å²) in [7, 11) is 0. The molecule has 0 unspecified atom stereocenters. The van der Waals surface area contributed by atoms with Crippen LogP contribution in [0.25, 0.3) is 10.7 Å². The summed E-state index contributed by atoms with van der Waals surface area (Å²) in [6.45, 7) is 0. The van der Waals surface area contributed by atoms with Crippen LogP contribution < -0.4 is 5.32 Å². The molecule has 104 valence electrons. The quantitative estimate of drug-likeness (QED) is 0.769. The molecular formula is C14H10N4O2S. The first-order chi connectivity index (χ1) is 10.2. The largest absolute Gasteiger partial charge is 0.478 e. The number of aromatic nitrogens is 3. The highest BCUT2D eigenvalue weighted by Gasteiger charge is 2.08. The fourth-order valence-corrected chi connectivity index (χ4v) is 2.46. The Labute approximate surface area is 124 Å². The highest BCUT2D eigenvalue weighted by Crippen LogP contribution is 2.27. The van der Waals surface area contributed by atoms with Gasteiger partial charge in [-0.1, -0.05) is 23.5 Å². The van der Waals surface area contributed by atoms with Crippen molar-refractivity contribution in [1.29, 1.82) is 0 Å². The molecule has 0 aliphatic carbocycles. The molecule has 0 aliphatic rings. The lowest BCUT2D eigenvalue weighted by molar-refractivity contribution is 0.0697. The number of pyridine rings is 1. The van der Waals surface area contributed by atoms with Gasteiger partial charge in [0.1, 0.15) is 5.69 Å². The van der Waals surface area contributed by atoms with Gasteiger partial charge in [0, 0.05) is 11.9 Å². The molecule has 0 atom stereocenters. The second-order valence-corrected chi connectivity index (χ2v) is 5.12. The maximum Gasteiger partial charge on any atom is 0.335 e. The van der Waals surface area contributed by atoms with Crippen LogP contribution >= 0.6 is 11.3 Å². The van der Waals surface area contributed by atoms with Crippen molar-refractivity contribution in [3.8, 4) is 10.7 Å². The van der Waals surface area contributed by atoms with E-state index in [0.717, 1.165) is 5.69 Å². The Morgan fingerprint density at radius 3 is 2.81 bits per heavy atom. The number of benzene rings is 1. The molecule has 2 heterocycles. The topological polar surface area (TPSA) is 88.0 Å². The Morgan fingerprint density at radius 1 is 1.14 bits per heavy atom. The molecule has 0 saturated heterocycles. The summed E-state index contributed by atoms with van der Waals surface area (Å²) in [6.07, 6.45) is 1.69. The van der Waals surface area contributed by atoms with Crippen molar-refractivity contribution in [3.63, 3.8) is 0 Å². The number of hydrogen-bond acceptors (Lipinski definition) is 6. The number of nitrogens with zero attached hydrogens (tertiary/aromatic N) is 3. The highest BCUT2D eigenvalue weighted by molar-refractivity contribution is 7.18. The molecule has 6 nitrogen and oxygen atoms in total. The third-order valence-corrected chi connectivity index (χ3v) is 3.53. The number of anilines is 2. The number of carboxylic acid groups (broad SMARTS) is 1. The Hall–Kier alpha value is -2.80. The number of carboxylic acids is 1. The normalized spacial score (nSPS) is 10.3. The summed E-state index contributed by atoms with van der Waals surface area (Å²) >= 11 is 1.35. The SMILES string of the molecule is O=C(O)c1cccc(Nc2nnc(-c3ccccn3)s2)c1. The van der Waals surface area contributed by atoms with E-state index in [1.807, 2.05) is 18.2 Å². The number of nitrogens with one attached hydrogen (secondary N) is 1. The monoisotopic (exact) mass is 298 g/mol. The third kappa shape index (κ3) is 3.03. The summed E-state index contributed by atoms with van der Waals surface area (Å²) in [4.78, 5) is 15.1. The Balaban J connectivity index is 1.82. The summed E-state index contributed by atoms with van der Waals surface area (Å²) in [5.74, 6) is -0.968. The second kappa shape index (κ2) is 5.68. The van der Waals surface area contributed by atoms with Gasteiger partial charge in [-0.25, -0.2) is 4.79 Å². The smallest absolute Gasteiger partial charge is 0.335 e. The Kier molecular flexibility index (Phi) is 3.57. The van der Waals surface area contributed by atoms with Crippen LogP contribution in [0.4, 0.5) is 10.8 Å². The van der Waals surface area contributed by atoms with Crippen LogP contribution in [0.5, 0.6) is 0 Å². The zero-order valence-corrected chi connectivity index (χ0v) is 11.5. The van der Waals surface area contributed by atoms with E-state index in [1.165, 1.54) is 17.4 Å². The number of aromatic carboxylic acids is 1. The molecule has 0 saturated carbocycles. The summed E-state index contributed by atoms with van der Waals surface area (Å²) in [6, 6.07) is 12.1. The van der Waals surface area contributed by atoms with E-state index in [2.05, 4.69) is 20.5 Å². The van der Waals surface area contributed by atoms with Gasteiger partial charge >= 0.3 is 5.97 Å². The van der Waals surface area contributed by atoms with Crippen molar-refractivity contribution < 1.29 is 9.90 Å². The number of rotatable bonds is 4. The van der Waals surface area contributed by atoms with Crippen LogP contribution in [0.2, 0.25) is 0 Å². The lowest BCUT2D eigenvalue weighted by Gasteiger charge is -2.02. The minimum absolute atomic E-state index is 0.217. The Morgan fingerprint density at radius 2 is 2.05 bits per heavy atom. The average Bonchev–Trinajstić information content (AvgIpc) is 2.97. The van der Waals surface area contributed by atoms with Crippen LogP contribution in [-0.2, 0) is 0 Å². The summed E-state index contributed by atoms with van der Waals surface area (Å²) in [5.41, 5.74) is 1.62. The predicted octanol–water partition coefficient (Wildman–Crippen LogP) is 3.04.